The van der Waals surface area contributed by atoms with Crippen LogP contribution in [0.1, 0.15) is 22.3 Å². The quantitative estimate of drug-likeness (QED) is 0.359. The lowest BCUT2D eigenvalue weighted by molar-refractivity contribution is 1.58. The van der Waals surface area contributed by atoms with Gasteiger partial charge in [0, 0.05) is 22.3 Å². The Bertz CT molecular complexity index is 1160. The molecule has 0 amide bonds. The Kier molecular flexibility index (Phi) is 5.34. The third kappa shape index (κ3) is 4.59. The van der Waals surface area contributed by atoms with Crippen LogP contribution in [0, 0.1) is 23.7 Å². The second kappa shape index (κ2) is 8.59. The molecule has 0 bridgehead atoms. The molecule has 0 heterocycles. The molecule has 0 aliphatic carbocycles. The highest BCUT2D eigenvalue weighted by atomic mass is 14.0. The van der Waals surface area contributed by atoms with Crippen LogP contribution in [0.5, 0.6) is 0 Å². The van der Waals surface area contributed by atoms with Crippen molar-refractivity contribution in [1.82, 2.24) is 0 Å². The molecule has 4 aromatic rings. The van der Waals surface area contributed by atoms with Gasteiger partial charge in [0.05, 0.1) is 0 Å². The van der Waals surface area contributed by atoms with Gasteiger partial charge in [-0.15, -0.1) is 0 Å². The van der Waals surface area contributed by atoms with Gasteiger partial charge < -0.3 is 0 Å². The molecular formula is C28H18. The molecule has 0 saturated heterocycles. The van der Waals surface area contributed by atoms with Gasteiger partial charge in [0.25, 0.3) is 0 Å². The first-order valence-electron chi connectivity index (χ1n) is 9.21. The fourth-order valence-electron chi connectivity index (χ4n) is 2.82. The third-order valence-corrected chi connectivity index (χ3v) is 4.35. The van der Waals surface area contributed by atoms with Crippen molar-refractivity contribution in [3.8, 4) is 34.8 Å². The van der Waals surface area contributed by atoms with Crippen molar-refractivity contribution in [1.29, 1.82) is 0 Å². The van der Waals surface area contributed by atoms with E-state index in [9.17, 15) is 0 Å². The average molecular weight is 354 g/mol. The van der Waals surface area contributed by atoms with E-state index < -0.39 is 0 Å². The summed E-state index contributed by atoms with van der Waals surface area (Å²) in [5, 5.41) is 0. The van der Waals surface area contributed by atoms with E-state index in [1.54, 1.807) is 0 Å². The van der Waals surface area contributed by atoms with Crippen LogP contribution < -0.4 is 0 Å². The van der Waals surface area contributed by atoms with Gasteiger partial charge in [-0.25, -0.2) is 0 Å². The molecule has 0 fully saturated rings. The number of rotatable bonds is 1. The predicted octanol–water partition coefficient (Wildman–Crippen LogP) is 6.15. The van der Waals surface area contributed by atoms with E-state index in [-0.39, 0.29) is 0 Å². The lowest BCUT2D eigenvalue weighted by atomic mass is 10.0. The first kappa shape index (κ1) is 17.4. The summed E-state index contributed by atoms with van der Waals surface area (Å²) in [6.45, 7) is 0. The van der Waals surface area contributed by atoms with E-state index in [1.165, 1.54) is 11.1 Å². The Hall–Kier alpha value is -4.00. The van der Waals surface area contributed by atoms with Crippen molar-refractivity contribution in [2.45, 2.75) is 0 Å². The van der Waals surface area contributed by atoms with Crippen LogP contribution in [0.4, 0.5) is 0 Å². The SMILES string of the molecule is C(#Cc1ccc(C#Cc2ccc(-c3ccccc3)cc2)cc1)c1ccccc1. The summed E-state index contributed by atoms with van der Waals surface area (Å²) < 4.78 is 0. The molecule has 28 heavy (non-hydrogen) atoms. The highest BCUT2D eigenvalue weighted by molar-refractivity contribution is 5.64. The van der Waals surface area contributed by atoms with Gasteiger partial charge in [0.1, 0.15) is 0 Å². The molecule has 0 unspecified atom stereocenters. The second-order valence-corrected chi connectivity index (χ2v) is 6.39. The molecule has 0 heteroatoms. The van der Waals surface area contributed by atoms with Crippen LogP contribution >= 0.6 is 0 Å². The number of hydrogen-bond acceptors (Lipinski definition) is 0. The van der Waals surface area contributed by atoms with E-state index >= 15 is 0 Å². The summed E-state index contributed by atoms with van der Waals surface area (Å²) in [4.78, 5) is 0. The summed E-state index contributed by atoms with van der Waals surface area (Å²) in [5.74, 6) is 12.8. The van der Waals surface area contributed by atoms with Gasteiger partial charge in [-0.05, 0) is 59.7 Å². The molecule has 4 aromatic carbocycles. The topological polar surface area (TPSA) is 0 Å². The molecule has 0 N–H and O–H groups in total. The molecule has 0 nitrogen and oxygen atoms in total. The molecule has 0 radical (unpaired) electrons. The van der Waals surface area contributed by atoms with Gasteiger partial charge >= 0.3 is 0 Å². The molecule has 0 aliphatic rings. The zero-order valence-electron chi connectivity index (χ0n) is 15.4. The Labute approximate surface area is 166 Å². The minimum absolute atomic E-state index is 0.984. The van der Waals surface area contributed by atoms with Crippen molar-refractivity contribution in [2.75, 3.05) is 0 Å². The molecular weight excluding hydrogens is 336 g/mol. The summed E-state index contributed by atoms with van der Waals surface area (Å²) in [5.41, 5.74) is 6.42. The Morgan fingerprint density at radius 3 is 1.07 bits per heavy atom. The lowest BCUT2D eigenvalue weighted by Crippen LogP contribution is -1.80. The normalized spacial score (nSPS) is 9.57. The fourth-order valence-corrected chi connectivity index (χ4v) is 2.82. The van der Waals surface area contributed by atoms with E-state index in [0.717, 1.165) is 22.3 Å². The predicted molar refractivity (Wildman–Crippen MR) is 117 cm³/mol. The van der Waals surface area contributed by atoms with Gasteiger partial charge in [-0.3, -0.25) is 0 Å². The van der Waals surface area contributed by atoms with Crippen LogP contribution in [0.25, 0.3) is 11.1 Å². The largest absolute Gasteiger partial charge is 0.0622 e. The van der Waals surface area contributed by atoms with Crippen LogP contribution in [0.15, 0.2) is 109 Å². The monoisotopic (exact) mass is 354 g/mol. The molecule has 0 saturated carbocycles. The fraction of sp³-hybridized carbons (Fsp3) is 0. The maximum Gasteiger partial charge on any atom is 0.0249 e. The molecule has 0 atom stereocenters. The molecule has 4 rings (SSSR count). The van der Waals surface area contributed by atoms with Crippen molar-refractivity contribution in [3.63, 3.8) is 0 Å². The summed E-state index contributed by atoms with van der Waals surface area (Å²) >= 11 is 0. The standard InChI is InChI=1S/C28H18/c1-3-7-23(8-4-1)11-12-24-13-15-25(16-14-24)17-18-26-19-21-28(22-20-26)27-9-5-2-6-10-27/h1-10,13-16,19-22H. The maximum absolute atomic E-state index is 3.23. The first-order valence-corrected chi connectivity index (χ1v) is 9.21. The van der Waals surface area contributed by atoms with Crippen molar-refractivity contribution in [2.24, 2.45) is 0 Å². The molecule has 130 valence electrons. The van der Waals surface area contributed by atoms with Crippen LogP contribution in [-0.4, -0.2) is 0 Å². The number of benzene rings is 4. The Morgan fingerprint density at radius 2 is 0.607 bits per heavy atom. The minimum Gasteiger partial charge on any atom is -0.0622 e. The smallest absolute Gasteiger partial charge is 0.0249 e. The first-order chi connectivity index (χ1) is 13.9. The van der Waals surface area contributed by atoms with Crippen molar-refractivity contribution >= 4 is 0 Å². The summed E-state index contributed by atoms with van der Waals surface area (Å²) in [7, 11) is 0. The lowest BCUT2D eigenvalue weighted by Gasteiger charge is -2.00. The van der Waals surface area contributed by atoms with Gasteiger partial charge in [-0.2, -0.15) is 0 Å². The van der Waals surface area contributed by atoms with E-state index in [0.29, 0.717) is 0 Å². The zero-order valence-corrected chi connectivity index (χ0v) is 15.4. The zero-order chi connectivity index (χ0) is 19.0. The highest BCUT2D eigenvalue weighted by Crippen LogP contribution is 2.18. The summed E-state index contributed by atoms with van der Waals surface area (Å²) in [6.07, 6.45) is 0. The molecule has 0 aromatic heterocycles. The molecule has 0 spiro atoms. The van der Waals surface area contributed by atoms with E-state index in [2.05, 4.69) is 72.2 Å². The van der Waals surface area contributed by atoms with Crippen LogP contribution in [-0.2, 0) is 0 Å². The minimum atomic E-state index is 0.984. The van der Waals surface area contributed by atoms with Gasteiger partial charge in [-0.1, -0.05) is 84.3 Å². The Morgan fingerprint density at radius 1 is 0.286 bits per heavy atom. The van der Waals surface area contributed by atoms with Crippen molar-refractivity contribution in [3.05, 3.63) is 131 Å². The second-order valence-electron chi connectivity index (χ2n) is 6.39. The highest BCUT2D eigenvalue weighted by Gasteiger charge is 1.96. The summed E-state index contributed by atoms with van der Waals surface area (Å²) in [6, 6.07) is 36.8. The van der Waals surface area contributed by atoms with Gasteiger partial charge in [0.2, 0.25) is 0 Å². The number of hydrogen-bond donors (Lipinski definition) is 0. The van der Waals surface area contributed by atoms with E-state index in [4.69, 9.17) is 0 Å². The third-order valence-electron chi connectivity index (χ3n) is 4.35. The van der Waals surface area contributed by atoms with Gasteiger partial charge in [0.15, 0.2) is 0 Å². The van der Waals surface area contributed by atoms with Crippen LogP contribution in [0.2, 0.25) is 0 Å². The Balaban J connectivity index is 1.45. The van der Waals surface area contributed by atoms with E-state index in [1.807, 2.05) is 60.7 Å². The average Bonchev–Trinajstić information content (AvgIpc) is 2.79. The van der Waals surface area contributed by atoms with Crippen LogP contribution in [0.3, 0.4) is 0 Å². The maximum atomic E-state index is 3.23. The van der Waals surface area contributed by atoms with Crippen molar-refractivity contribution < 1.29 is 0 Å². The molecule has 0 aliphatic heterocycles.